The van der Waals surface area contributed by atoms with E-state index in [4.69, 9.17) is 15.7 Å². The van der Waals surface area contributed by atoms with Crippen LogP contribution in [0.15, 0.2) is 5.16 Å². The minimum atomic E-state index is -0.665. The molecular formula is C13H23N3O3. The smallest absolute Gasteiger partial charge is 0.226 e. The molecule has 2 aliphatic rings. The number of amides is 1. The molecule has 0 aromatic rings. The molecule has 1 saturated heterocycles. The van der Waals surface area contributed by atoms with Crippen LogP contribution < -0.4 is 11.1 Å². The van der Waals surface area contributed by atoms with Crippen molar-refractivity contribution in [3.05, 3.63) is 0 Å². The molecule has 6 heteroatoms. The topological polar surface area (TPSA) is 96.9 Å². The number of nitrogens with zero attached hydrogens (tertiary/aromatic N) is 1. The van der Waals surface area contributed by atoms with Crippen LogP contribution in [-0.2, 0) is 9.53 Å². The van der Waals surface area contributed by atoms with Crippen LogP contribution >= 0.6 is 0 Å². The number of carbonyl (C=O) groups excluding carboxylic acids is 1. The zero-order valence-corrected chi connectivity index (χ0v) is 11.2. The molecule has 1 amide bonds. The number of rotatable bonds is 3. The van der Waals surface area contributed by atoms with E-state index in [-0.39, 0.29) is 17.7 Å². The number of nitrogens with two attached hydrogens (primary N) is 1. The second-order valence-electron chi connectivity index (χ2n) is 5.53. The molecule has 4 N–H and O–H groups in total. The average Bonchev–Trinajstić information content (AvgIpc) is 2.48. The van der Waals surface area contributed by atoms with Gasteiger partial charge >= 0.3 is 0 Å². The van der Waals surface area contributed by atoms with Gasteiger partial charge in [-0.1, -0.05) is 24.4 Å². The lowest BCUT2D eigenvalue weighted by Gasteiger charge is -2.38. The Hall–Kier alpha value is -1.30. The standard InChI is InChI=1S/C13H23N3O3/c14-12(16-18)13(6-2-1-3-7-13)15-11(17)10-5-4-8-19-9-10/h10,18H,1-9H2,(H2,14,16)(H,15,17). The van der Waals surface area contributed by atoms with E-state index in [9.17, 15) is 4.79 Å². The number of hydrogen-bond donors (Lipinski definition) is 3. The zero-order chi connectivity index (χ0) is 13.7. The predicted octanol–water partition coefficient (Wildman–Crippen LogP) is 0.978. The maximum absolute atomic E-state index is 12.3. The average molecular weight is 269 g/mol. The molecular weight excluding hydrogens is 246 g/mol. The molecule has 0 bridgehead atoms. The molecule has 0 aromatic carbocycles. The summed E-state index contributed by atoms with van der Waals surface area (Å²) in [5, 5.41) is 15.1. The van der Waals surface area contributed by atoms with Crippen LogP contribution in [0, 0.1) is 5.92 Å². The van der Waals surface area contributed by atoms with Crippen LogP contribution in [0.4, 0.5) is 0 Å². The normalized spacial score (nSPS) is 27.8. The largest absolute Gasteiger partial charge is 0.409 e. The summed E-state index contributed by atoms with van der Waals surface area (Å²) in [6, 6.07) is 0. The molecule has 0 radical (unpaired) electrons. The highest BCUT2D eigenvalue weighted by atomic mass is 16.5. The minimum absolute atomic E-state index is 0.0341. The highest BCUT2D eigenvalue weighted by Crippen LogP contribution is 2.29. The number of carbonyl (C=O) groups is 1. The Bertz CT molecular complexity index is 345. The lowest BCUT2D eigenvalue weighted by molar-refractivity contribution is -0.130. The lowest BCUT2D eigenvalue weighted by atomic mass is 9.80. The highest BCUT2D eigenvalue weighted by Gasteiger charge is 2.39. The Kier molecular flexibility index (Phi) is 4.63. The van der Waals surface area contributed by atoms with Crippen molar-refractivity contribution < 1.29 is 14.7 Å². The van der Waals surface area contributed by atoms with Gasteiger partial charge in [0, 0.05) is 6.61 Å². The van der Waals surface area contributed by atoms with Crippen molar-refractivity contribution in [1.29, 1.82) is 0 Å². The van der Waals surface area contributed by atoms with Gasteiger partial charge in [0.15, 0.2) is 5.84 Å². The monoisotopic (exact) mass is 269 g/mol. The van der Waals surface area contributed by atoms with Crippen LogP contribution in [0.3, 0.4) is 0 Å². The molecule has 0 spiro atoms. The van der Waals surface area contributed by atoms with Crippen molar-refractivity contribution in [1.82, 2.24) is 5.32 Å². The second kappa shape index (κ2) is 6.23. The third-order valence-corrected chi connectivity index (χ3v) is 4.20. The summed E-state index contributed by atoms with van der Waals surface area (Å²) in [4.78, 5) is 12.3. The first-order chi connectivity index (χ1) is 9.18. The summed E-state index contributed by atoms with van der Waals surface area (Å²) >= 11 is 0. The van der Waals surface area contributed by atoms with Crippen molar-refractivity contribution in [2.24, 2.45) is 16.8 Å². The van der Waals surface area contributed by atoms with E-state index in [1.54, 1.807) is 0 Å². The first-order valence-electron chi connectivity index (χ1n) is 7.06. The summed E-state index contributed by atoms with van der Waals surface area (Å²) in [7, 11) is 0. The van der Waals surface area contributed by atoms with Gasteiger partial charge in [-0.15, -0.1) is 0 Å². The van der Waals surface area contributed by atoms with Gasteiger partial charge in [0.1, 0.15) is 5.54 Å². The summed E-state index contributed by atoms with van der Waals surface area (Å²) < 4.78 is 5.34. The van der Waals surface area contributed by atoms with E-state index in [1.807, 2.05) is 0 Å². The van der Waals surface area contributed by atoms with Gasteiger partial charge in [0.25, 0.3) is 0 Å². The molecule has 6 nitrogen and oxygen atoms in total. The molecule has 1 aliphatic carbocycles. The Labute approximate surface area is 113 Å². The quantitative estimate of drug-likeness (QED) is 0.308. The van der Waals surface area contributed by atoms with Gasteiger partial charge in [-0.05, 0) is 25.7 Å². The maximum Gasteiger partial charge on any atom is 0.226 e. The first-order valence-corrected chi connectivity index (χ1v) is 7.06. The van der Waals surface area contributed by atoms with Gasteiger partial charge in [0.05, 0.1) is 12.5 Å². The van der Waals surface area contributed by atoms with Crippen molar-refractivity contribution in [2.75, 3.05) is 13.2 Å². The lowest BCUT2D eigenvalue weighted by Crippen LogP contribution is -2.60. The van der Waals surface area contributed by atoms with E-state index < -0.39 is 5.54 Å². The number of amidine groups is 1. The van der Waals surface area contributed by atoms with E-state index in [1.165, 1.54) is 0 Å². The number of nitrogens with one attached hydrogen (secondary N) is 1. The Balaban J connectivity index is 2.05. The van der Waals surface area contributed by atoms with Gasteiger partial charge in [0.2, 0.25) is 5.91 Å². The van der Waals surface area contributed by atoms with Crippen LogP contribution in [0.25, 0.3) is 0 Å². The van der Waals surface area contributed by atoms with Crippen LogP contribution in [0.1, 0.15) is 44.9 Å². The predicted molar refractivity (Wildman–Crippen MR) is 70.9 cm³/mol. The molecule has 1 aliphatic heterocycles. The third-order valence-electron chi connectivity index (χ3n) is 4.20. The Morgan fingerprint density at radius 3 is 2.63 bits per heavy atom. The van der Waals surface area contributed by atoms with Crippen LogP contribution in [0.2, 0.25) is 0 Å². The molecule has 1 atom stereocenters. The molecule has 0 aromatic heterocycles. The van der Waals surface area contributed by atoms with Crippen LogP contribution in [-0.4, -0.2) is 35.7 Å². The van der Waals surface area contributed by atoms with Crippen molar-refractivity contribution in [3.63, 3.8) is 0 Å². The number of oxime groups is 1. The molecule has 1 heterocycles. The summed E-state index contributed by atoms with van der Waals surface area (Å²) in [5.41, 5.74) is 5.15. The molecule has 108 valence electrons. The van der Waals surface area contributed by atoms with Crippen LogP contribution in [0.5, 0.6) is 0 Å². The summed E-state index contributed by atoms with van der Waals surface area (Å²) in [5.74, 6) is -0.0236. The van der Waals surface area contributed by atoms with E-state index in [0.717, 1.165) is 51.6 Å². The fourth-order valence-electron chi connectivity index (χ4n) is 2.98. The Morgan fingerprint density at radius 2 is 2.05 bits per heavy atom. The van der Waals surface area contributed by atoms with Crippen molar-refractivity contribution >= 4 is 11.7 Å². The second-order valence-corrected chi connectivity index (χ2v) is 5.53. The van der Waals surface area contributed by atoms with Gasteiger partial charge in [-0.25, -0.2) is 0 Å². The van der Waals surface area contributed by atoms with Gasteiger partial charge < -0.3 is 21.0 Å². The molecule has 1 saturated carbocycles. The fourth-order valence-corrected chi connectivity index (χ4v) is 2.98. The molecule has 1 unspecified atom stereocenters. The van der Waals surface area contributed by atoms with E-state index >= 15 is 0 Å². The number of hydrogen-bond acceptors (Lipinski definition) is 4. The summed E-state index contributed by atoms with van der Waals surface area (Å²) in [6.07, 6.45) is 6.33. The summed E-state index contributed by atoms with van der Waals surface area (Å²) in [6.45, 7) is 1.20. The Morgan fingerprint density at radius 1 is 1.32 bits per heavy atom. The fraction of sp³-hybridized carbons (Fsp3) is 0.846. The maximum atomic E-state index is 12.3. The van der Waals surface area contributed by atoms with Gasteiger partial charge in [-0.3, -0.25) is 4.79 Å². The van der Waals surface area contributed by atoms with E-state index in [0.29, 0.717) is 6.61 Å². The minimum Gasteiger partial charge on any atom is -0.409 e. The first kappa shape index (κ1) is 14.1. The van der Waals surface area contributed by atoms with E-state index in [2.05, 4.69) is 10.5 Å². The molecule has 2 rings (SSSR count). The SMILES string of the molecule is NC(=NO)C1(NC(=O)C2CCCOC2)CCCCC1. The van der Waals surface area contributed by atoms with Crippen molar-refractivity contribution in [2.45, 2.75) is 50.5 Å². The van der Waals surface area contributed by atoms with Gasteiger partial charge in [-0.2, -0.15) is 0 Å². The molecule has 19 heavy (non-hydrogen) atoms. The third kappa shape index (κ3) is 3.18. The zero-order valence-electron chi connectivity index (χ0n) is 11.2. The molecule has 2 fully saturated rings. The number of ether oxygens (including phenoxy) is 1. The highest BCUT2D eigenvalue weighted by molar-refractivity contribution is 5.94. The van der Waals surface area contributed by atoms with Crippen molar-refractivity contribution in [3.8, 4) is 0 Å².